The molecule has 0 bridgehead atoms. The molecule has 0 saturated heterocycles. The van der Waals surface area contributed by atoms with Gasteiger partial charge in [-0.2, -0.15) is 5.10 Å². The Balaban J connectivity index is 2.10. The third-order valence-electron chi connectivity index (χ3n) is 3.34. The molecule has 0 spiro atoms. The maximum absolute atomic E-state index is 12.0. The van der Waals surface area contributed by atoms with Crippen molar-refractivity contribution >= 4 is 5.91 Å². The van der Waals surface area contributed by atoms with Gasteiger partial charge in [-0.25, -0.2) is 0 Å². The topological polar surface area (TPSA) is 38.1 Å². The summed E-state index contributed by atoms with van der Waals surface area (Å²) in [5, 5.41) is 4.22. The van der Waals surface area contributed by atoms with Crippen molar-refractivity contribution in [2.45, 2.75) is 26.9 Å². The first-order valence-corrected chi connectivity index (χ1v) is 7.55. The highest BCUT2D eigenvalue weighted by Gasteiger charge is 2.12. The Morgan fingerprint density at radius 2 is 2.14 bits per heavy atom. The van der Waals surface area contributed by atoms with Crippen molar-refractivity contribution in [2.75, 3.05) is 6.54 Å². The van der Waals surface area contributed by atoms with Gasteiger partial charge in [-0.15, -0.1) is 0 Å². The number of nitrogens with zero attached hydrogens (tertiary/aromatic N) is 3. The first kappa shape index (κ1) is 16.0. The zero-order valence-electron chi connectivity index (χ0n) is 13.3. The smallest absolute Gasteiger partial charge is 0.246 e. The van der Waals surface area contributed by atoms with Crippen LogP contribution in [0.3, 0.4) is 0 Å². The van der Waals surface area contributed by atoms with E-state index in [9.17, 15) is 4.79 Å². The Hall–Kier alpha value is -2.36. The van der Waals surface area contributed by atoms with E-state index >= 15 is 0 Å². The minimum atomic E-state index is -0.0221. The highest BCUT2D eigenvalue weighted by molar-refractivity contribution is 5.86. The maximum atomic E-state index is 12.0. The van der Waals surface area contributed by atoms with E-state index in [-0.39, 0.29) is 5.91 Å². The normalized spacial score (nSPS) is 10.7. The number of aromatic nitrogens is 2. The molecule has 0 N–H and O–H groups in total. The van der Waals surface area contributed by atoms with Gasteiger partial charge in [-0.3, -0.25) is 9.48 Å². The second-order valence-electron chi connectivity index (χ2n) is 5.84. The molecule has 0 aliphatic rings. The lowest BCUT2D eigenvalue weighted by Crippen LogP contribution is -2.32. The molecular weight excluding hydrogens is 274 g/mol. The molecular formula is C18H23N3O. The molecule has 1 heterocycles. The largest absolute Gasteiger partial charge is 0.335 e. The van der Waals surface area contributed by atoms with Crippen LogP contribution in [0.4, 0.5) is 0 Å². The van der Waals surface area contributed by atoms with Crippen molar-refractivity contribution in [1.29, 1.82) is 0 Å². The predicted molar refractivity (Wildman–Crippen MR) is 88.2 cm³/mol. The molecule has 0 aliphatic carbocycles. The molecule has 22 heavy (non-hydrogen) atoms. The zero-order chi connectivity index (χ0) is 15.9. The number of benzene rings is 1. The highest BCUT2D eigenvalue weighted by Crippen LogP contribution is 2.12. The summed E-state index contributed by atoms with van der Waals surface area (Å²) >= 11 is 0. The van der Waals surface area contributed by atoms with Crippen LogP contribution >= 0.6 is 0 Å². The third kappa shape index (κ3) is 4.58. The van der Waals surface area contributed by atoms with Crippen LogP contribution in [0.2, 0.25) is 0 Å². The summed E-state index contributed by atoms with van der Waals surface area (Å²) in [7, 11) is 0. The third-order valence-corrected chi connectivity index (χ3v) is 3.34. The zero-order valence-corrected chi connectivity index (χ0v) is 13.3. The summed E-state index contributed by atoms with van der Waals surface area (Å²) in [6, 6.07) is 10.2. The van der Waals surface area contributed by atoms with Gasteiger partial charge in [0, 0.05) is 25.5 Å². The second kappa shape index (κ2) is 7.59. The fourth-order valence-corrected chi connectivity index (χ4v) is 2.43. The van der Waals surface area contributed by atoms with Crippen molar-refractivity contribution < 1.29 is 4.79 Å². The molecule has 0 unspecified atom stereocenters. The second-order valence-corrected chi connectivity index (χ2v) is 5.84. The Bertz CT molecular complexity index is 617. The summed E-state index contributed by atoms with van der Waals surface area (Å²) in [6.07, 6.45) is 5.10. The van der Waals surface area contributed by atoms with Crippen LogP contribution in [0.1, 0.15) is 25.0 Å². The van der Waals surface area contributed by atoms with Gasteiger partial charge in [-0.1, -0.05) is 44.7 Å². The fourth-order valence-electron chi connectivity index (χ4n) is 2.43. The average Bonchev–Trinajstić information content (AvgIpc) is 2.98. The van der Waals surface area contributed by atoms with Crippen molar-refractivity contribution in [3.63, 3.8) is 0 Å². The summed E-state index contributed by atoms with van der Waals surface area (Å²) in [5.41, 5.74) is 2.30. The minimum Gasteiger partial charge on any atom is -0.335 e. The number of hydrogen-bond donors (Lipinski definition) is 0. The lowest BCUT2D eigenvalue weighted by atomic mass is 10.1. The van der Waals surface area contributed by atoms with Gasteiger partial charge in [-0.05, 0) is 29.2 Å². The van der Waals surface area contributed by atoms with Crippen LogP contribution in [0.5, 0.6) is 0 Å². The van der Waals surface area contributed by atoms with Gasteiger partial charge >= 0.3 is 0 Å². The number of carbonyl (C=O) groups is 1. The van der Waals surface area contributed by atoms with Crippen molar-refractivity contribution in [3.05, 3.63) is 66.5 Å². The first-order valence-electron chi connectivity index (χ1n) is 7.55. The van der Waals surface area contributed by atoms with Crippen LogP contribution in [0.15, 0.2) is 55.4 Å². The molecule has 116 valence electrons. The molecule has 0 saturated carbocycles. The molecule has 4 heteroatoms. The Labute approximate surface area is 132 Å². The summed E-state index contributed by atoms with van der Waals surface area (Å²) in [5.74, 6) is 0.405. The highest BCUT2D eigenvalue weighted by atomic mass is 16.2. The summed E-state index contributed by atoms with van der Waals surface area (Å²) in [4.78, 5) is 13.8. The Kier molecular flexibility index (Phi) is 5.53. The van der Waals surface area contributed by atoms with Crippen LogP contribution in [0.25, 0.3) is 0 Å². The molecule has 1 aromatic heterocycles. The van der Waals surface area contributed by atoms with E-state index in [1.54, 1.807) is 6.20 Å². The lowest BCUT2D eigenvalue weighted by Gasteiger charge is -2.23. The molecule has 2 aromatic rings. The van der Waals surface area contributed by atoms with Crippen molar-refractivity contribution in [1.82, 2.24) is 14.7 Å². The SMILES string of the molecule is C=CC(=O)N(Cc1cccc(Cn2cccn2)c1)CC(C)C. The van der Waals surface area contributed by atoms with Crippen LogP contribution in [-0.2, 0) is 17.9 Å². The molecule has 1 amide bonds. The Morgan fingerprint density at radius 3 is 2.77 bits per heavy atom. The van der Waals surface area contributed by atoms with E-state index < -0.39 is 0 Å². The van der Waals surface area contributed by atoms with Gasteiger partial charge < -0.3 is 4.90 Å². The van der Waals surface area contributed by atoms with Gasteiger partial charge in [0.25, 0.3) is 0 Å². The number of hydrogen-bond acceptors (Lipinski definition) is 2. The molecule has 0 fully saturated rings. The fraction of sp³-hybridized carbons (Fsp3) is 0.333. The van der Waals surface area contributed by atoms with Crippen molar-refractivity contribution in [3.8, 4) is 0 Å². The predicted octanol–water partition coefficient (Wildman–Crippen LogP) is 3.10. The lowest BCUT2D eigenvalue weighted by molar-refractivity contribution is -0.127. The standard InChI is InChI=1S/C18H23N3O/c1-4-18(22)20(12-15(2)3)13-16-7-5-8-17(11-16)14-21-10-6-9-19-21/h4-11,15H,1,12-14H2,2-3H3. The number of carbonyl (C=O) groups excluding carboxylic acids is 1. The van der Waals surface area contributed by atoms with E-state index in [1.807, 2.05) is 27.9 Å². The number of rotatable bonds is 7. The van der Waals surface area contributed by atoms with E-state index in [0.29, 0.717) is 12.5 Å². The van der Waals surface area contributed by atoms with Crippen LogP contribution in [0, 0.1) is 5.92 Å². The van der Waals surface area contributed by atoms with Gasteiger partial charge in [0.1, 0.15) is 0 Å². The molecule has 2 rings (SSSR count). The number of amides is 1. The summed E-state index contributed by atoms with van der Waals surface area (Å²) in [6.45, 7) is 9.89. The van der Waals surface area contributed by atoms with E-state index in [1.165, 1.54) is 11.6 Å². The summed E-state index contributed by atoms with van der Waals surface area (Å²) < 4.78 is 1.89. The van der Waals surface area contributed by atoms with Crippen molar-refractivity contribution in [2.24, 2.45) is 5.92 Å². The van der Waals surface area contributed by atoms with Crippen LogP contribution < -0.4 is 0 Å². The Morgan fingerprint density at radius 1 is 1.36 bits per heavy atom. The average molecular weight is 297 g/mol. The van der Waals surface area contributed by atoms with Crippen LogP contribution in [-0.4, -0.2) is 27.1 Å². The van der Waals surface area contributed by atoms with E-state index in [2.05, 4.69) is 43.7 Å². The molecule has 0 aliphatic heterocycles. The minimum absolute atomic E-state index is 0.0221. The monoisotopic (exact) mass is 297 g/mol. The van der Waals surface area contributed by atoms with E-state index in [4.69, 9.17) is 0 Å². The molecule has 1 aromatic carbocycles. The van der Waals surface area contributed by atoms with Gasteiger partial charge in [0.05, 0.1) is 6.54 Å². The quantitative estimate of drug-likeness (QED) is 0.737. The van der Waals surface area contributed by atoms with Gasteiger partial charge in [0.15, 0.2) is 0 Å². The maximum Gasteiger partial charge on any atom is 0.246 e. The first-order chi connectivity index (χ1) is 10.6. The van der Waals surface area contributed by atoms with Gasteiger partial charge in [0.2, 0.25) is 5.91 Å². The molecule has 4 nitrogen and oxygen atoms in total. The molecule has 0 atom stereocenters. The molecule has 0 radical (unpaired) electrons. The van der Waals surface area contributed by atoms with E-state index in [0.717, 1.165) is 18.7 Å².